The summed E-state index contributed by atoms with van der Waals surface area (Å²) in [5, 5.41) is 1.96. The minimum Gasteiger partial charge on any atom is -0.497 e. The van der Waals surface area contributed by atoms with Crippen molar-refractivity contribution in [2.75, 3.05) is 7.11 Å². The summed E-state index contributed by atoms with van der Waals surface area (Å²) in [5.41, 5.74) is 1.10. The number of halogens is 1. The van der Waals surface area contributed by atoms with Gasteiger partial charge >= 0.3 is 0 Å². The first kappa shape index (κ1) is 18.5. The molecule has 6 nitrogen and oxygen atoms in total. The largest absolute Gasteiger partial charge is 0.497 e. The number of nitrogens with zero attached hydrogens (tertiary/aromatic N) is 4. The summed E-state index contributed by atoms with van der Waals surface area (Å²) in [6, 6.07) is 16.2. The standard InChI is InChI=1S/C20H15ClN4O2S/c1-12-22-17(21)11-18(23-12)28-20-24-16-9-4-3-8-15(16)19(26)25(20)13-6-5-7-14(10-13)27-2/h3-11H,1-2H3. The summed E-state index contributed by atoms with van der Waals surface area (Å²) in [6.07, 6.45) is 0. The van der Waals surface area contributed by atoms with Crippen LogP contribution in [-0.2, 0) is 0 Å². The summed E-state index contributed by atoms with van der Waals surface area (Å²) in [4.78, 5) is 26.5. The highest BCUT2D eigenvalue weighted by Crippen LogP contribution is 2.29. The van der Waals surface area contributed by atoms with Gasteiger partial charge in [0.1, 0.15) is 21.8 Å². The normalized spacial score (nSPS) is 11.0. The van der Waals surface area contributed by atoms with Crippen LogP contribution in [0.25, 0.3) is 16.6 Å². The van der Waals surface area contributed by atoms with E-state index in [9.17, 15) is 4.79 Å². The van der Waals surface area contributed by atoms with Crippen LogP contribution in [0.4, 0.5) is 0 Å². The number of fused-ring (bicyclic) bond motifs is 1. The van der Waals surface area contributed by atoms with Crippen LogP contribution in [0.5, 0.6) is 5.75 Å². The van der Waals surface area contributed by atoms with Gasteiger partial charge in [-0.2, -0.15) is 0 Å². The highest BCUT2D eigenvalue weighted by Gasteiger charge is 2.15. The van der Waals surface area contributed by atoms with Gasteiger partial charge in [0.25, 0.3) is 5.56 Å². The maximum absolute atomic E-state index is 13.3. The SMILES string of the molecule is COc1cccc(-n2c(Sc3cc(Cl)nc(C)n3)nc3ccccc3c2=O)c1. The average Bonchev–Trinajstić information content (AvgIpc) is 2.67. The minimum absolute atomic E-state index is 0.168. The van der Waals surface area contributed by atoms with Crippen LogP contribution < -0.4 is 10.3 Å². The number of hydrogen-bond acceptors (Lipinski definition) is 6. The Morgan fingerprint density at radius 1 is 1.04 bits per heavy atom. The van der Waals surface area contributed by atoms with E-state index in [0.29, 0.717) is 43.5 Å². The van der Waals surface area contributed by atoms with Crippen LogP contribution >= 0.6 is 23.4 Å². The Bertz CT molecular complexity index is 1220. The molecule has 140 valence electrons. The third-order valence-corrected chi connectivity index (χ3v) is 5.10. The van der Waals surface area contributed by atoms with Crippen LogP contribution in [0.1, 0.15) is 5.82 Å². The minimum atomic E-state index is -0.168. The van der Waals surface area contributed by atoms with E-state index in [1.807, 2.05) is 36.4 Å². The van der Waals surface area contributed by atoms with Gasteiger partial charge in [-0.15, -0.1) is 0 Å². The molecule has 2 aromatic heterocycles. The van der Waals surface area contributed by atoms with E-state index in [1.165, 1.54) is 11.8 Å². The molecule has 0 aliphatic heterocycles. The van der Waals surface area contributed by atoms with Gasteiger partial charge in [0.2, 0.25) is 0 Å². The van der Waals surface area contributed by atoms with E-state index in [2.05, 4.69) is 9.97 Å². The zero-order valence-electron chi connectivity index (χ0n) is 15.1. The molecule has 8 heteroatoms. The molecule has 0 amide bonds. The number of hydrogen-bond donors (Lipinski definition) is 0. The molecular weight excluding hydrogens is 396 g/mol. The van der Waals surface area contributed by atoms with Gasteiger partial charge in [0.05, 0.1) is 23.7 Å². The van der Waals surface area contributed by atoms with Crippen molar-refractivity contribution in [2.45, 2.75) is 17.1 Å². The van der Waals surface area contributed by atoms with Crippen LogP contribution in [0.3, 0.4) is 0 Å². The van der Waals surface area contributed by atoms with E-state index in [-0.39, 0.29) is 5.56 Å². The Labute approximate surface area is 170 Å². The van der Waals surface area contributed by atoms with Gasteiger partial charge in [-0.3, -0.25) is 9.36 Å². The van der Waals surface area contributed by atoms with Crippen molar-refractivity contribution in [1.82, 2.24) is 19.5 Å². The molecular formula is C20H15ClN4O2S. The number of benzene rings is 2. The van der Waals surface area contributed by atoms with Gasteiger partial charge in [0, 0.05) is 12.1 Å². The van der Waals surface area contributed by atoms with Crippen molar-refractivity contribution in [3.8, 4) is 11.4 Å². The van der Waals surface area contributed by atoms with Gasteiger partial charge in [-0.1, -0.05) is 29.8 Å². The van der Waals surface area contributed by atoms with E-state index in [1.54, 1.807) is 36.8 Å². The third kappa shape index (κ3) is 3.58. The maximum atomic E-state index is 13.3. The van der Waals surface area contributed by atoms with Gasteiger partial charge in [-0.05, 0) is 43.0 Å². The Morgan fingerprint density at radius 3 is 2.64 bits per heavy atom. The second-order valence-electron chi connectivity index (χ2n) is 5.93. The predicted octanol–water partition coefficient (Wildman–Crippen LogP) is 4.30. The summed E-state index contributed by atoms with van der Waals surface area (Å²) >= 11 is 7.32. The van der Waals surface area contributed by atoms with Crippen LogP contribution in [0, 0.1) is 6.92 Å². The lowest BCUT2D eigenvalue weighted by Gasteiger charge is -2.14. The third-order valence-electron chi connectivity index (χ3n) is 4.04. The molecule has 0 bridgehead atoms. The molecule has 0 aliphatic rings. The first-order chi connectivity index (χ1) is 13.5. The van der Waals surface area contributed by atoms with Gasteiger partial charge < -0.3 is 4.74 Å². The average molecular weight is 411 g/mol. The second-order valence-corrected chi connectivity index (χ2v) is 7.31. The lowest BCUT2D eigenvalue weighted by molar-refractivity contribution is 0.414. The Hall–Kier alpha value is -2.90. The monoisotopic (exact) mass is 410 g/mol. The molecule has 0 saturated heterocycles. The molecule has 28 heavy (non-hydrogen) atoms. The van der Waals surface area contributed by atoms with E-state index in [0.717, 1.165) is 0 Å². The first-order valence-electron chi connectivity index (χ1n) is 8.40. The highest BCUT2D eigenvalue weighted by molar-refractivity contribution is 7.99. The molecule has 0 N–H and O–H groups in total. The fraction of sp³-hybridized carbons (Fsp3) is 0.100. The van der Waals surface area contributed by atoms with Gasteiger partial charge in [-0.25, -0.2) is 15.0 Å². The lowest BCUT2D eigenvalue weighted by atomic mass is 10.2. The van der Waals surface area contributed by atoms with Gasteiger partial charge in [0.15, 0.2) is 5.16 Å². The maximum Gasteiger partial charge on any atom is 0.266 e. The Balaban J connectivity index is 1.96. The topological polar surface area (TPSA) is 69.9 Å². The van der Waals surface area contributed by atoms with E-state index >= 15 is 0 Å². The molecule has 0 atom stereocenters. The lowest BCUT2D eigenvalue weighted by Crippen LogP contribution is -2.21. The molecule has 0 unspecified atom stereocenters. The molecule has 0 spiro atoms. The fourth-order valence-electron chi connectivity index (χ4n) is 2.81. The Morgan fingerprint density at radius 2 is 1.86 bits per heavy atom. The number of rotatable bonds is 4. The molecule has 0 radical (unpaired) electrons. The predicted molar refractivity (Wildman–Crippen MR) is 110 cm³/mol. The fourth-order valence-corrected chi connectivity index (χ4v) is 4.06. The number of methoxy groups -OCH3 is 1. The molecule has 2 aromatic carbocycles. The van der Waals surface area contributed by atoms with Crippen molar-refractivity contribution < 1.29 is 4.74 Å². The molecule has 2 heterocycles. The van der Waals surface area contributed by atoms with Crippen molar-refractivity contribution in [3.05, 3.63) is 75.9 Å². The summed E-state index contributed by atoms with van der Waals surface area (Å²) in [6.45, 7) is 1.76. The second kappa shape index (κ2) is 7.61. The smallest absolute Gasteiger partial charge is 0.266 e. The molecule has 0 fully saturated rings. The number of ether oxygens (including phenoxy) is 1. The van der Waals surface area contributed by atoms with Crippen molar-refractivity contribution in [1.29, 1.82) is 0 Å². The Kier molecular flexibility index (Phi) is 5.02. The number of aromatic nitrogens is 4. The van der Waals surface area contributed by atoms with Crippen molar-refractivity contribution in [2.24, 2.45) is 0 Å². The molecule has 0 saturated carbocycles. The van der Waals surface area contributed by atoms with Crippen molar-refractivity contribution in [3.63, 3.8) is 0 Å². The summed E-state index contributed by atoms with van der Waals surface area (Å²) in [5.74, 6) is 1.19. The molecule has 0 aliphatic carbocycles. The van der Waals surface area contributed by atoms with Crippen molar-refractivity contribution >= 4 is 34.3 Å². The first-order valence-corrected chi connectivity index (χ1v) is 9.60. The van der Waals surface area contributed by atoms with Crippen LogP contribution in [-0.4, -0.2) is 26.6 Å². The summed E-state index contributed by atoms with van der Waals surface area (Å²) < 4.78 is 6.87. The van der Waals surface area contributed by atoms with Crippen LogP contribution in [0.15, 0.2) is 69.6 Å². The van der Waals surface area contributed by atoms with E-state index in [4.69, 9.17) is 21.3 Å². The summed E-state index contributed by atoms with van der Waals surface area (Å²) in [7, 11) is 1.59. The van der Waals surface area contributed by atoms with E-state index < -0.39 is 0 Å². The zero-order chi connectivity index (χ0) is 19.7. The quantitative estimate of drug-likeness (QED) is 0.369. The number of aryl methyl sites for hydroxylation is 1. The zero-order valence-corrected chi connectivity index (χ0v) is 16.7. The highest BCUT2D eigenvalue weighted by atomic mass is 35.5. The number of para-hydroxylation sites is 1. The van der Waals surface area contributed by atoms with Crippen LogP contribution in [0.2, 0.25) is 5.15 Å². The molecule has 4 aromatic rings. The molecule has 4 rings (SSSR count).